The Morgan fingerprint density at radius 2 is 2.21 bits per heavy atom. The quantitative estimate of drug-likeness (QED) is 0.644. The summed E-state index contributed by atoms with van der Waals surface area (Å²) in [5, 5.41) is 2.00. The van der Waals surface area contributed by atoms with Crippen molar-refractivity contribution in [2.75, 3.05) is 26.8 Å². The SMILES string of the molecule is COCCc1ncc(CN2CCCC(c3nc(-c4cccs4)cc(=O)[nH]3)C2)cn1. The largest absolute Gasteiger partial charge is 0.384 e. The van der Waals surface area contributed by atoms with Crippen LogP contribution in [-0.4, -0.2) is 51.6 Å². The third-order valence-electron chi connectivity index (χ3n) is 5.12. The Morgan fingerprint density at radius 3 is 2.97 bits per heavy atom. The zero-order valence-corrected chi connectivity index (χ0v) is 17.3. The van der Waals surface area contributed by atoms with Gasteiger partial charge in [0.05, 0.1) is 17.2 Å². The second kappa shape index (κ2) is 9.39. The molecular formula is C21H25N5O2S. The van der Waals surface area contributed by atoms with Crippen LogP contribution < -0.4 is 5.56 Å². The molecule has 1 atom stereocenters. The third kappa shape index (κ3) is 5.14. The van der Waals surface area contributed by atoms with Crippen LogP contribution in [0.5, 0.6) is 0 Å². The molecule has 0 amide bonds. The molecule has 1 saturated heterocycles. The molecule has 1 aliphatic rings. The van der Waals surface area contributed by atoms with E-state index in [-0.39, 0.29) is 11.5 Å². The average molecular weight is 412 g/mol. The minimum absolute atomic E-state index is 0.0874. The summed E-state index contributed by atoms with van der Waals surface area (Å²) in [6, 6.07) is 5.56. The standard InChI is InChI=1S/C21H25N5O2S/c1-28-8-6-19-22-11-15(12-23-19)13-26-7-2-4-16(14-26)21-24-17(10-20(27)25-21)18-5-3-9-29-18/h3,5,9-12,16H,2,4,6-8,13-14H2,1H3,(H,24,25,27). The van der Waals surface area contributed by atoms with E-state index in [1.807, 2.05) is 29.9 Å². The highest BCUT2D eigenvalue weighted by molar-refractivity contribution is 7.13. The Kier molecular flexibility index (Phi) is 6.43. The number of nitrogens with one attached hydrogen (secondary N) is 1. The number of rotatable bonds is 7. The third-order valence-corrected chi connectivity index (χ3v) is 6.01. The number of ether oxygens (including phenoxy) is 1. The van der Waals surface area contributed by atoms with Crippen molar-refractivity contribution in [2.45, 2.75) is 31.7 Å². The molecule has 1 N–H and O–H groups in total. The van der Waals surface area contributed by atoms with Crippen molar-refractivity contribution in [3.8, 4) is 10.6 Å². The highest BCUT2D eigenvalue weighted by atomic mass is 32.1. The van der Waals surface area contributed by atoms with E-state index < -0.39 is 0 Å². The zero-order chi connectivity index (χ0) is 20.1. The smallest absolute Gasteiger partial charge is 0.251 e. The highest BCUT2D eigenvalue weighted by Gasteiger charge is 2.24. The summed E-state index contributed by atoms with van der Waals surface area (Å²) in [5.41, 5.74) is 1.77. The Hall–Kier alpha value is -2.42. The van der Waals surface area contributed by atoms with Crippen molar-refractivity contribution >= 4 is 11.3 Å². The molecule has 0 aliphatic carbocycles. The Labute approximate surface area is 173 Å². The molecule has 1 fully saturated rings. The number of aromatic amines is 1. The lowest BCUT2D eigenvalue weighted by molar-refractivity contribution is 0.195. The van der Waals surface area contributed by atoms with Gasteiger partial charge in [0, 0.05) is 56.6 Å². The average Bonchev–Trinajstić information content (AvgIpc) is 3.28. The van der Waals surface area contributed by atoms with Crippen molar-refractivity contribution in [3.63, 3.8) is 0 Å². The molecule has 29 heavy (non-hydrogen) atoms. The molecule has 0 spiro atoms. The molecule has 0 radical (unpaired) electrons. The van der Waals surface area contributed by atoms with Gasteiger partial charge in [-0.3, -0.25) is 9.69 Å². The molecular weight excluding hydrogens is 386 g/mol. The van der Waals surface area contributed by atoms with Gasteiger partial charge in [0.1, 0.15) is 11.6 Å². The fourth-order valence-electron chi connectivity index (χ4n) is 3.69. The first-order valence-electron chi connectivity index (χ1n) is 9.87. The number of aromatic nitrogens is 4. The summed E-state index contributed by atoms with van der Waals surface area (Å²) in [4.78, 5) is 32.2. The van der Waals surface area contributed by atoms with E-state index in [0.29, 0.717) is 6.61 Å². The minimum Gasteiger partial charge on any atom is -0.384 e. The van der Waals surface area contributed by atoms with Crippen LogP contribution in [0.15, 0.2) is 40.8 Å². The molecule has 4 heterocycles. The van der Waals surface area contributed by atoms with E-state index in [1.165, 1.54) is 0 Å². The Bertz CT molecular complexity index is 971. The molecule has 1 unspecified atom stereocenters. The Morgan fingerprint density at radius 1 is 1.34 bits per heavy atom. The van der Waals surface area contributed by atoms with E-state index >= 15 is 0 Å². The summed E-state index contributed by atoms with van der Waals surface area (Å²) in [7, 11) is 1.68. The lowest BCUT2D eigenvalue weighted by atomic mass is 9.96. The number of likely N-dealkylation sites (tertiary alicyclic amines) is 1. The van der Waals surface area contributed by atoms with Crippen LogP contribution in [0.1, 0.15) is 36.0 Å². The molecule has 7 nitrogen and oxygen atoms in total. The van der Waals surface area contributed by atoms with E-state index in [1.54, 1.807) is 24.5 Å². The van der Waals surface area contributed by atoms with Gasteiger partial charge in [-0.2, -0.15) is 0 Å². The van der Waals surface area contributed by atoms with Gasteiger partial charge in [-0.15, -0.1) is 11.3 Å². The molecule has 8 heteroatoms. The number of nitrogens with zero attached hydrogens (tertiary/aromatic N) is 4. The topological polar surface area (TPSA) is 84.0 Å². The van der Waals surface area contributed by atoms with Crippen LogP contribution in [0.25, 0.3) is 10.6 Å². The van der Waals surface area contributed by atoms with Gasteiger partial charge in [-0.25, -0.2) is 15.0 Å². The van der Waals surface area contributed by atoms with Crippen molar-refractivity contribution in [3.05, 3.63) is 63.5 Å². The highest BCUT2D eigenvalue weighted by Crippen LogP contribution is 2.27. The number of hydrogen-bond donors (Lipinski definition) is 1. The van der Waals surface area contributed by atoms with Gasteiger partial charge in [0.25, 0.3) is 5.56 Å². The van der Waals surface area contributed by atoms with Gasteiger partial charge in [0.2, 0.25) is 0 Å². The summed E-state index contributed by atoms with van der Waals surface area (Å²) in [6.07, 6.45) is 6.63. The summed E-state index contributed by atoms with van der Waals surface area (Å²) < 4.78 is 5.07. The summed E-state index contributed by atoms with van der Waals surface area (Å²) in [6.45, 7) is 3.32. The number of methoxy groups -OCH3 is 1. The normalized spacial score (nSPS) is 17.5. The number of H-pyrrole nitrogens is 1. The van der Waals surface area contributed by atoms with E-state index in [2.05, 4.69) is 19.9 Å². The van der Waals surface area contributed by atoms with Crippen LogP contribution in [-0.2, 0) is 17.7 Å². The van der Waals surface area contributed by atoms with Crippen LogP contribution >= 0.6 is 11.3 Å². The first-order valence-corrected chi connectivity index (χ1v) is 10.8. The molecule has 3 aromatic rings. The molecule has 3 aromatic heterocycles. The number of thiophene rings is 1. The van der Waals surface area contributed by atoms with E-state index in [9.17, 15) is 4.79 Å². The molecule has 152 valence electrons. The molecule has 0 bridgehead atoms. The van der Waals surface area contributed by atoms with Crippen LogP contribution in [0.2, 0.25) is 0 Å². The maximum atomic E-state index is 12.2. The van der Waals surface area contributed by atoms with Gasteiger partial charge >= 0.3 is 0 Å². The van der Waals surface area contributed by atoms with E-state index in [0.717, 1.165) is 66.7 Å². The van der Waals surface area contributed by atoms with E-state index in [4.69, 9.17) is 9.72 Å². The summed E-state index contributed by atoms with van der Waals surface area (Å²) >= 11 is 1.60. The number of piperidine rings is 1. The summed E-state index contributed by atoms with van der Waals surface area (Å²) in [5.74, 6) is 1.81. The predicted molar refractivity (Wildman–Crippen MR) is 113 cm³/mol. The molecule has 0 aromatic carbocycles. The first-order chi connectivity index (χ1) is 14.2. The maximum absolute atomic E-state index is 12.2. The van der Waals surface area contributed by atoms with Crippen LogP contribution in [0.3, 0.4) is 0 Å². The maximum Gasteiger partial charge on any atom is 0.251 e. The van der Waals surface area contributed by atoms with Crippen molar-refractivity contribution in [1.29, 1.82) is 0 Å². The fourth-order valence-corrected chi connectivity index (χ4v) is 4.37. The predicted octanol–water partition coefficient (Wildman–Crippen LogP) is 2.86. The van der Waals surface area contributed by atoms with Gasteiger partial charge in [-0.1, -0.05) is 6.07 Å². The molecule has 4 rings (SSSR count). The minimum atomic E-state index is -0.0874. The number of hydrogen-bond acceptors (Lipinski definition) is 7. The first kappa shape index (κ1) is 19.9. The lowest BCUT2D eigenvalue weighted by Crippen LogP contribution is -2.35. The zero-order valence-electron chi connectivity index (χ0n) is 16.5. The monoisotopic (exact) mass is 411 g/mol. The second-order valence-corrected chi connectivity index (χ2v) is 8.27. The van der Waals surface area contributed by atoms with Crippen LogP contribution in [0.4, 0.5) is 0 Å². The second-order valence-electron chi connectivity index (χ2n) is 7.32. The molecule has 1 aliphatic heterocycles. The van der Waals surface area contributed by atoms with Gasteiger partial charge in [-0.05, 0) is 30.8 Å². The lowest BCUT2D eigenvalue weighted by Gasteiger charge is -2.32. The Balaban J connectivity index is 1.44. The van der Waals surface area contributed by atoms with Crippen molar-refractivity contribution < 1.29 is 4.74 Å². The fraction of sp³-hybridized carbons (Fsp3) is 0.429. The van der Waals surface area contributed by atoms with Crippen LogP contribution in [0, 0.1) is 0 Å². The van der Waals surface area contributed by atoms with Gasteiger partial charge in [0.15, 0.2) is 0 Å². The van der Waals surface area contributed by atoms with Gasteiger partial charge < -0.3 is 9.72 Å². The molecule has 0 saturated carbocycles. The van der Waals surface area contributed by atoms with Crippen molar-refractivity contribution in [2.24, 2.45) is 0 Å². The van der Waals surface area contributed by atoms with Crippen molar-refractivity contribution in [1.82, 2.24) is 24.8 Å².